The van der Waals surface area contributed by atoms with Crippen LogP contribution in [0.3, 0.4) is 0 Å². The fourth-order valence-corrected chi connectivity index (χ4v) is 6.74. The molecule has 7 rings (SSSR count). The van der Waals surface area contributed by atoms with Gasteiger partial charge in [-0.3, -0.25) is 19.3 Å². The van der Waals surface area contributed by atoms with Crippen molar-refractivity contribution in [2.45, 2.75) is 32.9 Å². The molecule has 0 N–H and O–H groups in total. The third-order valence-electron chi connectivity index (χ3n) is 7.83. The molecule has 2 amide bonds. The van der Waals surface area contributed by atoms with Gasteiger partial charge in [-0.05, 0) is 50.1 Å². The number of thiazole rings is 1. The molecule has 3 aromatic carbocycles. The van der Waals surface area contributed by atoms with Crippen LogP contribution in [0.4, 0.5) is 10.8 Å². The Bertz CT molecular complexity index is 1900. The summed E-state index contributed by atoms with van der Waals surface area (Å²) in [5.74, 6) is -1.06. The molecular weight excluding hydrogens is 510 g/mol. The van der Waals surface area contributed by atoms with E-state index < -0.39 is 16.9 Å². The van der Waals surface area contributed by atoms with Gasteiger partial charge in [-0.25, -0.2) is 4.98 Å². The largest absolute Gasteiger partial charge is 0.450 e. The van der Waals surface area contributed by atoms with Gasteiger partial charge in [0, 0.05) is 10.4 Å². The molecule has 0 saturated heterocycles. The molecule has 0 aliphatic carbocycles. The van der Waals surface area contributed by atoms with Gasteiger partial charge in [-0.15, -0.1) is 11.3 Å². The Balaban J connectivity index is 1.57. The molecule has 2 aliphatic rings. The summed E-state index contributed by atoms with van der Waals surface area (Å²) in [7, 11) is 0. The second-order valence-corrected chi connectivity index (χ2v) is 11.1. The zero-order valence-electron chi connectivity index (χ0n) is 21.5. The van der Waals surface area contributed by atoms with Crippen LogP contribution >= 0.6 is 11.3 Å². The first-order valence-corrected chi connectivity index (χ1v) is 13.5. The first kappa shape index (κ1) is 23.5. The lowest BCUT2D eigenvalue weighted by Crippen LogP contribution is -2.53. The zero-order valence-corrected chi connectivity index (χ0v) is 22.3. The van der Waals surface area contributed by atoms with Crippen molar-refractivity contribution in [1.82, 2.24) is 4.98 Å². The number of hydrogen-bond acceptors (Lipinski definition) is 6. The second kappa shape index (κ2) is 8.22. The summed E-state index contributed by atoms with van der Waals surface area (Å²) < 4.78 is 6.12. The van der Waals surface area contributed by atoms with E-state index in [9.17, 15) is 14.4 Å². The van der Waals surface area contributed by atoms with Gasteiger partial charge in [0.25, 0.3) is 11.8 Å². The third kappa shape index (κ3) is 3.03. The van der Waals surface area contributed by atoms with Crippen molar-refractivity contribution >= 4 is 44.9 Å². The van der Waals surface area contributed by atoms with Crippen LogP contribution in [-0.2, 0) is 16.9 Å². The van der Waals surface area contributed by atoms with Gasteiger partial charge in [-0.1, -0.05) is 54.6 Å². The fourth-order valence-electron chi connectivity index (χ4n) is 5.78. The molecule has 7 nitrogen and oxygen atoms in total. The third-order valence-corrected chi connectivity index (χ3v) is 8.89. The van der Waals surface area contributed by atoms with Crippen LogP contribution in [0.5, 0.6) is 0 Å². The van der Waals surface area contributed by atoms with E-state index in [-0.39, 0.29) is 23.8 Å². The topological polar surface area (TPSA) is 83.7 Å². The zero-order chi connectivity index (χ0) is 27.1. The number of nitrogens with zero attached hydrogens (tertiary/aromatic N) is 3. The minimum absolute atomic E-state index is 0.0430. The molecule has 0 saturated carbocycles. The Morgan fingerprint density at radius 3 is 2.38 bits per heavy atom. The molecule has 0 radical (unpaired) electrons. The highest BCUT2D eigenvalue weighted by Gasteiger charge is 2.66. The average molecular weight is 534 g/mol. The highest BCUT2D eigenvalue weighted by Crippen LogP contribution is 2.54. The molecule has 8 heteroatoms. The van der Waals surface area contributed by atoms with Crippen molar-refractivity contribution in [3.05, 3.63) is 122 Å². The summed E-state index contributed by atoms with van der Waals surface area (Å²) in [4.78, 5) is 52.0. The van der Waals surface area contributed by atoms with Crippen LogP contribution in [0, 0.1) is 20.8 Å². The number of benzene rings is 3. The highest BCUT2D eigenvalue weighted by atomic mass is 32.1. The molecule has 1 atom stereocenters. The quantitative estimate of drug-likeness (QED) is 0.300. The molecule has 2 aliphatic heterocycles. The number of aryl methyl sites for hydroxylation is 3. The van der Waals surface area contributed by atoms with E-state index in [4.69, 9.17) is 4.42 Å². The number of rotatable bonds is 3. The van der Waals surface area contributed by atoms with Crippen LogP contribution in [0.25, 0.3) is 11.0 Å². The van der Waals surface area contributed by atoms with Gasteiger partial charge >= 0.3 is 0 Å². The van der Waals surface area contributed by atoms with Crippen molar-refractivity contribution in [3.8, 4) is 0 Å². The number of anilines is 2. The molecule has 4 heterocycles. The van der Waals surface area contributed by atoms with Crippen LogP contribution in [0.15, 0.2) is 82.0 Å². The lowest BCUT2D eigenvalue weighted by molar-refractivity contribution is -0.121. The molecular formula is C31H23N3O4S. The SMILES string of the molecule is Cc1ccccc1CN1C(=O)C2(c3ccccc31)c1c(oc3ccccc3c1=O)C(=O)N2c1nc(C)c(C)s1. The number of amides is 2. The minimum atomic E-state index is -1.74. The normalized spacial score (nSPS) is 17.9. The Morgan fingerprint density at radius 2 is 1.62 bits per heavy atom. The Hall–Kier alpha value is -4.56. The summed E-state index contributed by atoms with van der Waals surface area (Å²) in [5, 5.41) is 0.671. The molecule has 0 bridgehead atoms. The van der Waals surface area contributed by atoms with E-state index in [2.05, 4.69) is 4.98 Å². The van der Waals surface area contributed by atoms with Crippen LogP contribution in [0.2, 0.25) is 0 Å². The molecule has 5 aromatic rings. The lowest BCUT2D eigenvalue weighted by Gasteiger charge is -2.32. The maximum absolute atomic E-state index is 14.9. The number of aromatic nitrogens is 1. The van der Waals surface area contributed by atoms with E-state index >= 15 is 0 Å². The van der Waals surface area contributed by atoms with Crippen molar-refractivity contribution < 1.29 is 14.0 Å². The van der Waals surface area contributed by atoms with E-state index in [0.717, 1.165) is 21.7 Å². The van der Waals surface area contributed by atoms with E-state index in [0.29, 0.717) is 27.4 Å². The molecule has 1 unspecified atom stereocenters. The van der Waals surface area contributed by atoms with E-state index in [1.807, 2.05) is 69.3 Å². The number of carbonyl (C=O) groups is 2. The Kier molecular flexibility index (Phi) is 4.96. The maximum Gasteiger partial charge on any atom is 0.297 e. The Morgan fingerprint density at radius 1 is 0.897 bits per heavy atom. The molecule has 39 heavy (non-hydrogen) atoms. The van der Waals surface area contributed by atoms with Gasteiger partial charge in [0.2, 0.25) is 5.76 Å². The molecule has 2 aromatic heterocycles. The summed E-state index contributed by atoms with van der Waals surface area (Å²) in [6, 6.07) is 22.1. The number of hydrogen-bond donors (Lipinski definition) is 0. The van der Waals surface area contributed by atoms with Gasteiger partial charge in [0.15, 0.2) is 16.1 Å². The summed E-state index contributed by atoms with van der Waals surface area (Å²) in [6.45, 7) is 6.07. The number of para-hydroxylation sites is 2. The first-order valence-electron chi connectivity index (χ1n) is 12.6. The van der Waals surface area contributed by atoms with Gasteiger partial charge < -0.3 is 9.32 Å². The first-order chi connectivity index (χ1) is 18.8. The van der Waals surface area contributed by atoms with Gasteiger partial charge in [-0.2, -0.15) is 0 Å². The lowest BCUT2D eigenvalue weighted by atomic mass is 9.84. The van der Waals surface area contributed by atoms with Crippen molar-refractivity contribution in [2.75, 3.05) is 9.80 Å². The Labute approximate surface area is 227 Å². The van der Waals surface area contributed by atoms with Crippen LogP contribution in [0.1, 0.15) is 43.4 Å². The molecule has 192 valence electrons. The van der Waals surface area contributed by atoms with E-state index in [1.54, 1.807) is 29.2 Å². The second-order valence-electron chi connectivity index (χ2n) is 9.96. The fraction of sp³-hybridized carbons (Fsp3) is 0.161. The summed E-state index contributed by atoms with van der Waals surface area (Å²) in [6.07, 6.45) is 0. The molecule has 0 fully saturated rings. The standard InChI is InChI=1S/C31H23N3O4S/c1-17-10-4-5-11-20(17)16-33-23-14-8-7-13-22(23)31(29(33)37)25-26(35)21-12-6-9-15-24(21)38-27(25)28(36)34(31)30-32-18(2)19(3)39-30/h4-15H,16H2,1-3H3. The number of carbonyl (C=O) groups excluding carboxylic acids is 2. The van der Waals surface area contributed by atoms with Crippen molar-refractivity contribution in [2.24, 2.45) is 0 Å². The monoisotopic (exact) mass is 533 g/mol. The maximum atomic E-state index is 14.9. The summed E-state index contributed by atoms with van der Waals surface area (Å²) in [5.41, 5.74) is 2.18. The van der Waals surface area contributed by atoms with Gasteiger partial charge in [0.05, 0.1) is 28.9 Å². The van der Waals surface area contributed by atoms with E-state index in [1.165, 1.54) is 16.2 Å². The van der Waals surface area contributed by atoms with Crippen LogP contribution in [-0.4, -0.2) is 16.8 Å². The van der Waals surface area contributed by atoms with Crippen molar-refractivity contribution in [1.29, 1.82) is 0 Å². The predicted octanol–water partition coefficient (Wildman–Crippen LogP) is 5.63. The smallest absolute Gasteiger partial charge is 0.297 e. The van der Waals surface area contributed by atoms with Crippen molar-refractivity contribution in [3.63, 3.8) is 0 Å². The predicted molar refractivity (Wildman–Crippen MR) is 150 cm³/mol. The minimum Gasteiger partial charge on any atom is -0.450 e. The van der Waals surface area contributed by atoms with Crippen LogP contribution < -0.4 is 15.2 Å². The highest BCUT2D eigenvalue weighted by molar-refractivity contribution is 7.16. The van der Waals surface area contributed by atoms with Gasteiger partial charge in [0.1, 0.15) is 5.58 Å². The summed E-state index contributed by atoms with van der Waals surface area (Å²) >= 11 is 1.32. The molecule has 1 spiro atoms. The average Bonchev–Trinajstić information content (AvgIpc) is 3.49. The number of fused-ring (bicyclic) bond motifs is 5.